The molecular formula is C12H15BrClNO2. The Balaban J connectivity index is 2.75. The molecule has 0 aliphatic rings. The zero-order valence-corrected chi connectivity index (χ0v) is 12.1. The van der Waals surface area contributed by atoms with Crippen molar-refractivity contribution in [3.63, 3.8) is 0 Å². The van der Waals surface area contributed by atoms with Crippen LogP contribution in [0, 0.1) is 5.92 Å². The second kappa shape index (κ2) is 6.87. The van der Waals surface area contributed by atoms with Crippen LogP contribution in [0.5, 0.6) is 5.75 Å². The van der Waals surface area contributed by atoms with Crippen LogP contribution in [-0.2, 0) is 0 Å². The van der Waals surface area contributed by atoms with Gasteiger partial charge < -0.3 is 10.1 Å². The van der Waals surface area contributed by atoms with E-state index >= 15 is 0 Å². The highest BCUT2D eigenvalue weighted by Crippen LogP contribution is 2.23. The zero-order valence-electron chi connectivity index (χ0n) is 9.80. The number of nitrogens with one attached hydrogen (secondary N) is 1. The van der Waals surface area contributed by atoms with Crippen LogP contribution in [0.25, 0.3) is 0 Å². The minimum absolute atomic E-state index is 0.147. The van der Waals surface area contributed by atoms with E-state index in [-0.39, 0.29) is 11.8 Å². The minimum atomic E-state index is -0.147. The molecule has 5 heteroatoms. The Hall–Kier alpha value is -0.740. The van der Waals surface area contributed by atoms with Crippen LogP contribution >= 0.6 is 27.5 Å². The van der Waals surface area contributed by atoms with Gasteiger partial charge in [0.1, 0.15) is 5.75 Å². The summed E-state index contributed by atoms with van der Waals surface area (Å²) in [6, 6.07) is 5.30. The summed E-state index contributed by atoms with van der Waals surface area (Å²) in [5.41, 5.74) is 0.525. The molecule has 1 rings (SSSR count). The van der Waals surface area contributed by atoms with Crippen LogP contribution in [0.1, 0.15) is 17.3 Å². The van der Waals surface area contributed by atoms with E-state index in [0.29, 0.717) is 23.7 Å². The Morgan fingerprint density at radius 1 is 1.59 bits per heavy atom. The number of benzene rings is 1. The zero-order chi connectivity index (χ0) is 12.8. The lowest BCUT2D eigenvalue weighted by Crippen LogP contribution is -2.29. The maximum absolute atomic E-state index is 11.9. The van der Waals surface area contributed by atoms with Gasteiger partial charge in [-0.1, -0.05) is 22.9 Å². The quantitative estimate of drug-likeness (QED) is 0.847. The van der Waals surface area contributed by atoms with Gasteiger partial charge in [0, 0.05) is 16.9 Å². The second-order valence-corrected chi connectivity index (χ2v) is 5.04. The molecule has 0 aliphatic heterocycles. The first-order valence-electron chi connectivity index (χ1n) is 5.26. The van der Waals surface area contributed by atoms with Crippen molar-refractivity contribution in [2.45, 2.75) is 6.92 Å². The standard InChI is InChI=1S/C12H15BrClNO2/c1-8(6-14)7-15-12(16)10-4-3-9(13)5-11(10)17-2/h3-5,8H,6-7H2,1-2H3,(H,15,16). The van der Waals surface area contributed by atoms with Crippen molar-refractivity contribution in [3.8, 4) is 5.75 Å². The van der Waals surface area contributed by atoms with E-state index in [1.165, 1.54) is 0 Å². The highest BCUT2D eigenvalue weighted by Gasteiger charge is 2.12. The number of methoxy groups -OCH3 is 1. The molecule has 3 nitrogen and oxygen atoms in total. The molecule has 1 aromatic carbocycles. The van der Waals surface area contributed by atoms with Gasteiger partial charge in [0.25, 0.3) is 5.91 Å². The fraction of sp³-hybridized carbons (Fsp3) is 0.417. The topological polar surface area (TPSA) is 38.3 Å². The lowest BCUT2D eigenvalue weighted by molar-refractivity contribution is 0.0946. The first kappa shape index (κ1) is 14.3. The van der Waals surface area contributed by atoms with E-state index in [9.17, 15) is 4.79 Å². The molecule has 0 heterocycles. The average Bonchev–Trinajstić information content (AvgIpc) is 2.35. The van der Waals surface area contributed by atoms with E-state index in [4.69, 9.17) is 16.3 Å². The van der Waals surface area contributed by atoms with Gasteiger partial charge in [-0.25, -0.2) is 0 Å². The molecule has 1 aromatic rings. The number of carbonyl (C=O) groups is 1. The molecule has 0 saturated carbocycles. The van der Waals surface area contributed by atoms with Crippen LogP contribution in [0.4, 0.5) is 0 Å². The van der Waals surface area contributed by atoms with Crippen LogP contribution in [-0.4, -0.2) is 25.4 Å². The molecule has 0 bridgehead atoms. The number of ether oxygens (including phenoxy) is 1. The van der Waals surface area contributed by atoms with E-state index in [1.807, 2.05) is 13.0 Å². The SMILES string of the molecule is COc1cc(Br)ccc1C(=O)NCC(C)CCl. The Kier molecular flexibility index (Phi) is 5.78. The molecule has 0 fully saturated rings. The van der Waals surface area contributed by atoms with Gasteiger partial charge in [-0.2, -0.15) is 0 Å². The van der Waals surface area contributed by atoms with Crippen molar-refractivity contribution < 1.29 is 9.53 Å². The first-order valence-corrected chi connectivity index (χ1v) is 6.59. The number of alkyl halides is 1. The third kappa shape index (κ3) is 4.21. The summed E-state index contributed by atoms with van der Waals surface area (Å²) in [6.07, 6.45) is 0. The lowest BCUT2D eigenvalue weighted by atomic mass is 10.1. The van der Waals surface area contributed by atoms with Gasteiger partial charge in [-0.15, -0.1) is 11.6 Å². The van der Waals surface area contributed by atoms with Crippen molar-refractivity contribution in [1.29, 1.82) is 0 Å². The van der Waals surface area contributed by atoms with E-state index < -0.39 is 0 Å². The number of rotatable bonds is 5. The number of carbonyl (C=O) groups excluding carboxylic acids is 1. The smallest absolute Gasteiger partial charge is 0.255 e. The Morgan fingerprint density at radius 2 is 2.29 bits per heavy atom. The Bertz CT molecular complexity index is 398. The molecule has 0 aromatic heterocycles. The van der Waals surface area contributed by atoms with E-state index in [2.05, 4.69) is 21.2 Å². The summed E-state index contributed by atoms with van der Waals surface area (Å²) in [7, 11) is 1.54. The van der Waals surface area contributed by atoms with Crippen molar-refractivity contribution in [2.24, 2.45) is 5.92 Å². The molecule has 0 spiro atoms. The van der Waals surface area contributed by atoms with Crippen LogP contribution in [0.15, 0.2) is 22.7 Å². The summed E-state index contributed by atoms with van der Waals surface area (Å²) >= 11 is 9.01. The number of hydrogen-bond donors (Lipinski definition) is 1. The third-order valence-corrected chi connectivity index (χ3v) is 3.30. The first-order chi connectivity index (χ1) is 8.08. The summed E-state index contributed by atoms with van der Waals surface area (Å²) in [5.74, 6) is 1.18. The Labute approximate surface area is 115 Å². The van der Waals surface area contributed by atoms with E-state index in [0.717, 1.165) is 4.47 Å². The van der Waals surface area contributed by atoms with Gasteiger partial charge >= 0.3 is 0 Å². The number of halogens is 2. The van der Waals surface area contributed by atoms with Crippen molar-refractivity contribution in [1.82, 2.24) is 5.32 Å². The maximum atomic E-state index is 11.9. The summed E-state index contributed by atoms with van der Waals surface area (Å²) in [5, 5.41) is 2.83. The lowest BCUT2D eigenvalue weighted by Gasteiger charge is -2.12. The van der Waals surface area contributed by atoms with Crippen LogP contribution in [0.2, 0.25) is 0 Å². The molecule has 1 unspecified atom stereocenters. The van der Waals surface area contributed by atoms with Crippen molar-refractivity contribution in [2.75, 3.05) is 19.5 Å². The molecule has 1 amide bonds. The molecule has 94 valence electrons. The van der Waals surface area contributed by atoms with Gasteiger partial charge in [0.15, 0.2) is 0 Å². The summed E-state index contributed by atoms with van der Waals surface area (Å²) in [4.78, 5) is 11.9. The number of hydrogen-bond acceptors (Lipinski definition) is 2. The highest BCUT2D eigenvalue weighted by atomic mass is 79.9. The maximum Gasteiger partial charge on any atom is 0.255 e. The number of amides is 1. The van der Waals surface area contributed by atoms with Gasteiger partial charge in [-0.05, 0) is 24.1 Å². The molecule has 17 heavy (non-hydrogen) atoms. The molecule has 1 N–H and O–H groups in total. The fourth-order valence-electron chi connectivity index (χ4n) is 1.27. The van der Waals surface area contributed by atoms with Crippen molar-refractivity contribution in [3.05, 3.63) is 28.2 Å². The monoisotopic (exact) mass is 319 g/mol. The predicted molar refractivity (Wildman–Crippen MR) is 72.9 cm³/mol. The normalized spacial score (nSPS) is 12.0. The van der Waals surface area contributed by atoms with Gasteiger partial charge in [0.2, 0.25) is 0 Å². The van der Waals surface area contributed by atoms with Crippen LogP contribution < -0.4 is 10.1 Å². The largest absolute Gasteiger partial charge is 0.496 e. The minimum Gasteiger partial charge on any atom is -0.496 e. The molecule has 0 radical (unpaired) electrons. The Morgan fingerprint density at radius 3 is 2.88 bits per heavy atom. The van der Waals surface area contributed by atoms with E-state index in [1.54, 1.807) is 19.2 Å². The summed E-state index contributed by atoms with van der Waals surface area (Å²) < 4.78 is 6.04. The van der Waals surface area contributed by atoms with Gasteiger partial charge in [-0.3, -0.25) is 4.79 Å². The fourth-order valence-corrected chi connectivity index (χ4v) is 1.72. The highest BCUT2D eigenvalue weighted by molar-refractivity contribution is 9.10. The van der Waals surface area contributed by atoms with Crippen molar-refractivity contribution >= 4 is 33.4 Å². The molecule has 0 aliphatic carbocycles. The summed E-state index contributed by atoms with van der Waals surface area (Å²) in [6.45, 7) is 2.54. The average molecular weight is 321 g/mol. The molecule has 0 saturated heterocycles. The van der Waals surface area contributed by atoms with Gasteiger partial charge in [0.05, 0.1) is 12.7 Å². The third-order valence-electron chi connectivity index (χ3n) is 2.28. The predicted octanol–water partition coefficient (Wildman–Crippen LogP) is 3.06. The second-order valence-electron chi connectivity index (χ2n) is 3.81. The molecule has 1 atom stereocenters. The van der Waals surface area contributed by atoms with Crippen LogP contribution in [0.3, 0.4) is 0 Å². The molecular weight excluding hydrogens is 305 g/mol.